The van der Waals surface area contributed by atoms with Crippen LogP contribution in [0.25, 0.3) is 22.4 Å². The molecule has 3 nitrogen and oxygen atoms in total. The van der Waals surface area contributed by atoms with Crippen LogP contribution >= 0.6 is 0 Å². The lowest BCUT2D eigenvalue weighted by molar-refractivity contribution is 0.819. The van der Waals surface area contributed by atoms with Crippen LogP contribution in [0.1, 0.15) is 24.1 Å². The summed E-state index contributed by atoms with van der Waals surface area (Å²) in [5, 5.41) is 0. The molecule has 2 N–H and O–H groups in total. The number of aryl methyl sites for hydroxylation is 2. The fourth-order valence-corrected chi connectivity index (χ4v) is 2.54. The molecule has 0 saturated carbocycles. The Hall–Kier alpha value is -2.13. The van der Waals surface area contributed by atoms with Crippen LogP contribution in [0.4, 0.5) is 0 Å². The van der Waals surface area contributed by atoms with Gasteiger partial charge in [-0.2, -0.15) is 0 Å². The zero-order valence-electron chi connectivity index (χ0n) is 12.1. The van der Waals surface area contributed by atoms with E-state index < -0.39 is 0 Å². The lowest BCUT2D eigenvalue weighted by atomic mass is 10.1. The molecule has 1 aromatic heterocycles. The summed E-state index contributed by atoms with van der Waals surface area (Å²) in [6.45, 7) is 4.09. The standard InChI is InChI=1S/C17H19N3/c1-11-5-4-6-14(9-11)17-19-15-10-13(12(2)18)7-8-16(15)20(17)3/h4-10,12H,18H2,1-3H3. The van der Waals surface area contributed by atoms with Crippen molar-refractivity contribution >= 4 is 11.0 Å². The Balaban J connectivity index is 2.20. The number of benzene rings is 2. The van der Waals surface area contributed by atoms with Crippen molar-refractivity contribution in [3.05, 3.63) is 53.6 Å². The number of nitrogens with two attached hydrogens (primary N) is 1. The van der Waals surface area contributed by atoms with Crippen molar-refractivity contribution in [3.63, 3.8) is 0 Å². The summed E-state index contributed by atoms with van der Waals surface area (Å²) in [5.41, 5.74) is 11.6. The number of aromatic nitrogens is 2. The maximum absolute atomic E-state index is 5.95. The van der Waals surface area contributed by atoms with E-state index in [-0.39, 0.29) is 6.04 Å². The highest BCUT2D eigenvalue weighted by atomic mass is 15.1. The third-order valence-corrected chi connectivity index (χ3v) is 3.71. The van der Waals surface area contributed by atoms with Gasteiger partial charge in [-0.1, -0.05) is 29.8 Å². The first-order valence-corrected chi connectivity index (χ1v) is 6.85. The van der Waals surface area contributed by atoms with Crippen LogP contribution in [-0.4, -0.2) is 9.55 Å². The van der Waals surface area contributed by atoms with Gasteiger partial charge >= 0.3 is 0 Å². The first-order valence-electron chi connectivity index (χ1n) is 6.85. The summed E-state index contributed by atoms with van der Waals surface area (Å²) in [4.78, 5) is 4.77. The van der Waals surface area contributed by atoms with Gasteiger partial charge < -0.3 is 10.3 Å². The minimum absolute atomic E-state index is 0.0313. The molecule has 0 amide bonds. The molecule has 1 heterocycles. The van der Waals surface area contributed by atoms with Gasteiger partial charge in [-0.05, 0) is 37.6 Å². The zero-order chi connectivity index (χ0) is 14.3. The Morgan fingerprint density at radius 2 is 1.95 bits per heavy atom. The largest absolute Gasteiger partial charge is 0.327 e. The normalized spacial score (nSPS) is 12.8. The molecule has 3 heteroatoms. The summed E-state index contributed by atoms with van der Waals surface area (Å²) in [6, 6.07) is 14.7. The van der Waals surface area contributed by atoms with E-state index in [9.17, 15) is 0 Å². The first-order chi connectivity index (χ1) is 9.56. The van der Waals surface area contributed by atoms with E-state index in [2.05, 4.69) is 61.0 Å². The quantitative estimate of drug-likeness (QED) is 0.769. The van der Waals surface area contributed by atoms with Crippen molar-refractivity contribution in [1.29, 1.82) is 0 Å². The Bertz CT molecular complexity index is 769. The van der Waals surface area contributed by atoms with E-state index in [0.29, 0.717) is 0 Å². The van der Waals surface area contributed by atoms with Gasteiger partial charge in [0.15, 0.2) is 0 Å². The molecule has 20 heavy (non-hydrogen) atoms. The van der Waals surface area contributed by atoms with Crippen LogP contribution in [0.15, 0.2) is 42.5 Å². The minimum atomic E-state index is 0.0313. The number of fused-ring (bicyclic) bond motifs is 1. The van der Waals surface area contributed by atoms with Crippen LogP contribution in [0, 0.1) is 6.92 Å². The average molecular weight is 265 g/mol. The maximum Gasteiger partial charge on any atom is 0.140 e. The van der Waals surface area contributed by atoms with Gasteiger partial charge in [-0.3, -0.25) is 0 Å². The zero-order valence-corrected chi connectivity index (χ0v) is 12.1. The topological polar surface area (TPSA) is 43.8 Å². The second-order valence-electron chi connectivity index (χ2n) is 5.40. The first kappa shape index (κ1) is 12.9. The van der Waals surface area contributed by atoms with Gasteiger partial charge in [0.25, 0.3) is 0 Å². The highest BCUT2D eigenvalue weighted by molar-refractivity contribution is 5.81. The van der Waals surface area contributed by atoms with Crippen molar-refractivity contribution in [1.82, 2.24) is 9.55 Å². The van der Waals surface area contributed by atoms with Gasteiger partial charge in [0.05, 0.1) is 11.0 Å². The van der Waals surface area contributed by atoms with E-state index in [0.717, 1.165) is 28.0 Å². The number of hydrogen-bond donors (Lipinski definition) is 1. The van der Waals surface area contributed by atoms with E-state index >= 15 is 0 Å². The number of imidazole rings is 1. The fourth-order valence-electron chi connectivity index (χ4n) is 2.54. The number of hydrogen-bond acceptors (Lipinski definition) is 2. The Labute approximate surface area is 119 Å². The second-order valence-corrected chi connectivity index (χ2v) is 5.40. The SMILES string of the molecule is Cc1cccc(-c2nc3cc(C(C)N)ccc3n2C)c1. The van der Waals surface area contributed by atoms with Crippen LogP contribution < -0.4 is 5.73 Å². The molecule has 0 aliphatic rings. The molecule has 102 valence electrons. The molecule has 0 aliphatic heterocycles. The molecule has 0 saturated heterocycles. The van der Waals surface area contributed by atoms with Crippen molar-refractivity contribution in [3.8, 4) is 11.4 Å². The number of nitrogens with zero attached hydrogens (tertiary/aromatic N) is 2. The smallest absolute Gasteiger partial charge is 0.140 e. The third-order valence-electron chi connectivity index (χ3n) is 3.71. The number of rotatable bonds is 2. The van der Waals surface area contributed by atoms with Crippen LogP contribution in [0.2, 0.25) is 0 Å². The molecular formula is C17H19N3. The van der Waals surface area contributed by atoms with Crippen molar-refractivity contribution in [2.75, 3.05) is 0 Å². The second kappa shape index (κ2) is 4.76. The lowest BCUT2D eigenvalue weighted by Gasteiger charge is -2.05. The molecule has 0 aliphatic carbocycles. The van der Waals surface area contributed by atoms with Gasteiger partial charge in [0, 0.05) is 18.7 Å². The molecule has 2 aromatic carbocycles. The van der Waals surface area contributed by atoms with Crippen molar-refractivity contribution in [2.24, 2.45) is 12.8 Å². The molecule has 1 unspecified atom stereocenters. The average Bonchev–Trinajstić information content (AvgIpc) is 2.75. The summed E-state index contributed by atoms with van der Waals surface area (Å²) in [5.74, 6) is 0.991. The van der Waals surface area contributed by atoms with Crippen molar-refractivity contribution < 1.29 is 0 Å². The highest BCUT2D eigenvalue weighted by Gasteiger charge is 2.11. The van der Waals surface area contributed by atoms with E-state index in [1.54, 1.807) is 0 Å². The monoisotopic (exact) mass is 265 g/mol. The van der Waals surface area contributed by atoms with Crippen LogP contribution in [0.5, 0.6) is 0 Å². The van der Waals surface area contributed by atoms with Crippen molar-refractivity contribution in [2.45, 2.75) is 19.9 Å². The predicted octanol–water partition coefficient (Wildman–Crippen LogP) is 3.57. The van der Waals surface area contributed by atoms with Crippen LogP contribution in [0.3, 0.4) is 0 Å². The molecule has 3 rings (SSSR count). The van der Waals surface area contributed by atoms with Gasteiger partial charge in [0.2, 0.25) is 0 Å². The Kier molecular flexibility index (Phi) is 3.07. The fraction of sp³-hybridized carbons (Fsp3) is 0.235. The summed E-state index contributed by atoms with van der Waals surface area (Å²) in [7, 11) is 2.05. The minimum Gasteiger partial charge on any atom is -0.327 e. The van der Waals surface area contributed by atoms with Gasteiger partial charge in [-0.25, -0.2) is 4.98 Å². The predicted molar refractivity (Wildman–Crippen MR) is 83.5 cm³/mol. The molecule has 1 atom stereocenters. The molecule has 0 fully saturated rings. The molecule has 0 radical (unpaired) electrons. The lowest BCUT2D eigenvalue weighted by Crippen LogP contribution is -2.04. The molecular weight excluding hydrogens is 246 g/mol. The van der Waals surface area contributed by atoms with Gasteiger partial charge in [-0.15, -0.1) is 0 Å². The highest BCUT2D eigenvalue weighted by Crippen LogP contribution is 2.26. The summed E-state index contributed by atoms with van der Waals surface area (Å²) >= 11 is 0. The third kappa shape index (κ3) is 2.10. The molecule has 0 spiro atoms. The Morgan fingerprint density at radius 3 is 2.65 bits per heavy atom. The van der Waals surface area contributed by atoms with E-state index in [4.69, 9.17) is 10.7 Å². The van der Waals surface area contributed by atoms with Gasteiger partial charge in [0.1, 0.15) is 5.82 Å². The molecule has 0 bridgehead atoms. The van der Waals surface area contributed by atoms with E-state index in [1.807, 2.05) is 6.92 Å². The maximum atomic E-state index is 5.95. The molecule has 3 aromatic rings. The Morgan fingerprint density at radius 1 is 1.15 bits per heavy atom. The van der Waals surface area contributed by atoms with Crippen LogP contribution in [-0.2, 0) is 7.05 Å². The summed E-state index contributed by atoms with van der Waals surface area (Å²) < 4.78 is 2.13. The summed E-state index contributed by atoms with van der Waals surface area (Å²) in [6.07, 6.45) is 0. The van der Waals surface area contributed by atoms with E-state index in [1.165, 1.54) is 5.56 Å².